The molecule has 5 heteroatoms. The number of carbonyl (C=O) groups excluding carboxylic acids is 1. The minimum absolute atomic E-state index is 0.0793. The number of ether oxygens (including phenoxy) is 2. The average Bonchev–Trinajstić information content (AvgIpc) is 2.47. The zero-order valence-electron chi connectivity index (χ0n) is 12.1. The molecular weight excluding hydrogens is 256 g/mol. The van der Waals surface area contributed by atoms with Gasteiger partial charge in [-0.25, -0.2) is 0 Å². The monoisotopic (exact) mass is 278 g/mol. The highest BCUT2D eigenvalue weighted by Gasteiger charge is 2.27. The Balaban J connectivity index is 2.18. The Hall–Kier alpha value is -1.75. The molecule has 1 saturated heterocycles. The number of carbonyl (C=O) groups is 1. The molecule has 0 bridgehead atoms. The van der Waals surface area contributed by atoms with Crippen LogP contribution in [-0.2, 0) is 4.74 Å². The Morgan fingerprint density at radius 1 is 1.50 bits per heavy atom. The highest BCUT2D eigenvalue weighted by Crippen LogP contribution is 2.27. The summed E-state index contributed by atoms with van der Waals surface area (Å²) >= 11 is 0. The lowest BCUT2D eigenvalue weighted by atomic mass is 10.1. The summed E-state index contributed by atoms with van der Waals surface area (Å²) in [5.41, 5.74) is 6.84. The molecule has 1 unspecified atom stereocenters. The van der Waals surface area contributed by atoms with Gasteiger partial charge in [0.1, 0.15) is 11.3 Å². The van der Waals surface area contributed by atoms with Gasteiger partial charge in [-0.3, -0.25) is 4.79 Å². The summed E-state index contributed by atoms with van der Waals surface area (Å²) in [6.45, 7) is 3.99. The van der Waals surface area contributed by atoms with Gasteiger partial charge in [-0.05, 0) is 31.9 Å². The van der Waals surface area contributed by atoms with Crippen molar-refractivity contribution in [2.75, 3.05) is 32.5 Å². The summed E-state index contributed by atoms with van der Waals surface area (Å²) in [5, 5.41) is 0. The second-order valence-electron chi connectivity index (χ2n) is 4.90. The maximum Gasteiger partial charge on any atom is 0.259 e. The average molecular weight is 278 g/mol. The minimum Gasteiger partial charge on any atom is -0.496 e. The van der Waals surface area contributed by atoms with Crippen LogP contribution in [0.5, 0.6) is 5.75 Å². The van der Waals surface area contributed by atoms with Crippen LogP contribution in [0.1, 0.15) is 30.1 Å². The van der Waals surface area contributed by atoms with Gasteiger partial charge in [0.15, 0.2) is 0 Å². The van der Waals surface area contributed by atoms with Gasteiger partial charge in [0.25, 0.3) is 5.91 Å². The van der Waals surface area contributed by atoms with Crippen molar-refractivity contribution >= 4 is 11.6 Å². The Kier molecular flexibility index (Phi) is 4.84. The van der Waals surface area contributed by atoms with Crippen LogP contribution in [-0.4, -0.2) is 43.7 Å². The molecule has 1 fully saturated rings. The highest BCUT2D eigenvalue weighted by molar-refractivity contribution is 6.01. The van der Waals surface area contributed by atoms with Crippen LogP contribution in [0.25, 0.3) is 0 Å². The summed E-state index contributed by atoms with van der Waals surface area (Å²) in [6.07, 6.45) is 2.07. The number of hydrogen-bond donors (Lipinski definition) is 1. The van der Waals surface area contributed by atoms with Gasteiger partial charge in [-0.1, -0.05) is 6.07 Å². The summed E-state index contributed by atoms with van der Waals surface area (Å²) in [6, 6.07) is 5.26. The number of benzene rings is 1. The molecule has 1 heterocycles. The predicted molar refractivity (Wildman–Crippen MR) is 78.0 cm³/mol. The molecule has 1 aromatic carbocycles. The fraction of sp³-hybridized carbons (Fsp3) is 0.533. The largest absolute Gasteiger partial charge is 0.496 e. The molecule has 0 aliphatic carbocycles. The Morgan fingerprint density at radius 2 is 2.30 bits per heavy atom. The topological polar surface area (TPSA) is 64.8 Å². The number of methoxy groups -OCH3 is 1. The van der Waals surface area contributed by atoms with Crippen molar-refractivity contribution < 1.29 is 14.3 Å². The molecule has 1 aliphatic heterocycles. The predicted octanol–water partition coefficient (Wildman–Crippen LogP) is 1.92. The van der Waals surface area contributed by atoms with Crippen molar-refractivity contribution in [3.8, 4) is 5.75 Å². The van der Waals surface area contributed by atoms with Crippen LogP contribution in [0.2, 0.25) is 0 Å². The van der Waals surface area contributed by atoms with E-state index >= 15 is 0 Å². The van der Waals surface area contributed by atoms with E-state index in [0.717, 1.165) is 19.4 Å². The molecule has 0 aromatic heterocycles. The van der Waals surface area contributed by atoms with Gasteiger partial charge >= 0.3 is 0 Å². The van der Waals surface area contributed by atoms with Crippen LogP contribution in [0, 0.1) is 0 Å². The molecular formula is C15H22N2O3. The second-order valence-corrected chi connectivity index (χ2v) is 4.90. The first kappa shape index (κ1) is 14.7. The first-order chi connectivity index (χ1) is 9.67. The Labute approximate surface area is 119 Å². The molecule has 1 amide bonds. The molecule has 0 saturated carbocycles. The van der Waals surface area contributed by atoms with Crippen LogP contribution in [0.15, 0.2) is 18.2 Å². The third-order valence-electron chi connectivity index (χ3n) is 3.56. The van der Waals surface area contributed by atoms with Gasteiger partial charge in [-0.2, -0.15) is 0 Å². The van der Waals surface area contributed by atoms with Crippen molar-refractivity contribution in [3.63, 3.8) is 0 Å². The van der Waals surface area contributed by atoms with Crippen molar-refractivity contribution in [2.24, 2.45) is 0 Å². The van der Waals surface area contributed by atoms with Crippen molar-refractivity contribution in [2.45, 2.75) is 25.9 Å². The summed E-state index contributed by atoms with van der Waals surface area (Å²) < 4.78 is 10.9. The quantitative estimate of drug-likeness (QED) is 0.855. The van der Waals surface area contributed by atoms with Gasteiger partial charge in [0.05, 0.1) is 13.2 Å². The molecule has 2 N–H and O–H groups in total. The van der Waals surface area contributed by atoms with E-state index in [9.17, 15) is 4.79 Å². The molecule has 1 aliphatic rings. The van der Waals surface area contributed by atoms with Gasteiger partial charge in [0, 0.05) is 25.4 Å². The van der Waals surface area contributed by atoms with E-state index in [1.807, 2.05) is 6.92 Å². The number of nitrogens with two attached hydrogens (primary N) is 1. The molecule has 5 nitrogen and oxygen atoms in total. The third kappa shape index (κ3) is 3.04. The van der Waals surface area contributed by atoms with E-state index in [2.05, 4.69) is 0 Å². The van der Waals surface area contributed by atoms with Crippen molar-refractivity contribution in [3.05, 3.63) is 23.8 Å². The Bertz CT molecular complexity index is 474. The number of hydrogen-bond acceptors (Lipinski definition) is 4. The maximum absolute atomic E-state index is 12.7. The molecule has 0 spiro atoms. The number of anilines is 1. The molecule has 20 heavy (non-hydrogen) atoms. The highest BCUT2D eigenvalue weighted by atomic mass is 16.5. The van der Waals surface area contributed by atoms with Crippen molar-refractivity contribution in [1.82, 2.24) is 4.90 Å². The summed E-state index contributed by atoms with van der Waals surface area (Å²) in [4.78, 5) is 14.5. The van der Waals surface area contributed by atoms with E-state index in [0.29, 0.717) is 30.2 Å². The molecule has 0 radical (unpaired) electrons. The molecule has 1 aromatic rings. The number of likely N-dealkylation sites (tertiary alicyclic amines) is 1. The van der Waals surface area contributed by atoms with E-state index in [1.165, 1.54) is 0 Å². The zero-order valence-corrected chi connectivity index (χ0v) is 12.1. The summed E-state index contributed by atoms with van der Waals surface area (Å²) in [5.74, 6) is 0.442. The first-order valence-electron chi connectivity index (χ1n) is 7.00. The van der Waals surface area contributed by atoms with Crippen LogP contribution in [0.3, 0.4) is 0 Å². The number of amides is 1. The smallest absolute Gasteiger partial charge is 0.259 e. The number of piperidine rings is 1. The lowest BCUT2D eigenvalue weighted by Crippen LogP contribution is -2.43. The normalized spacial score (nSPS) is 18.9. The fourth-order valence-corrected chi connectivity index (χ4v) is 2.60. The SMILES string of the molecule is CCOC1CCCN(C(=O)c2c(N)cccc2OC)C1. The standard InChI is InChI=1S/C15H22N2O3/c1-3-20-11-6-5-9-17(10-11)15(18)14-12(16)7-4-8-13(14)19-2/h4,7-8,11H,3,5-6,9-10,16H2,1-2H3. The van der Waals surface area contributed by atoms with Crippen LogP contribution in [0.4, 0.5) is 5.69 Å². The van der Waals surface area contributed by atoms with Crippen LogP contribution >= 0.6 is 0 Å². The molecule has 110 valence electrons. The van der Waals surface area contributed by atoms with E-state index in [1.54, 1.807) is 30.2 Å². The van der Waals surface area contributed by atoms with Gasteiger partial charge in [0.2, 0.25) is 0 Å². The minimum atomic E-state index is -0.0793. The van der Waals surface area contributed by atoms with E-state index in [-0.39, 0.29) is 12.0 Å². The number of nitrogens with zero attached hydrogens (tertiary/aromatic N) is 1. The van der Waals surface area contributed by atoms with E-state index in [4.69, 9.17) is 15.2 Å². The maximum atomic E-state index is 12.7. The fourth-order valence-electron chi connectivity index (χ4n) is 2.60. The van der Waals surface area contributed by atoms with Crippen LogP contribution < -0.4 is 10.5 Å². The van der Waals surface area contributed by atoms with Gasteiger partial charge in [-0.15, -0.1) is 0 Å². The zero-order chi connectivity index (χ0) is 14.5. The lowest BCUT2D eigenvalue weighted by Gasteiger charge is -2.33. The molecule has 2 rings (SSSR count). The lowest BCUT2D eigenvalue weighted by molar-refractivity contribution is 0.00717. The second kappa shape index (κ2) is 6.61. The first-order valence-corrected chi connectivity index (χ1v) is 7.00. The molecule has 1 atom stereocenters. The van der Waals surface area contributed by atoms with E-state index < -0.39 is 0 Å². The number of rotatable bonds is 4. The van der Waals surface area contributed by atoms with Crippen molar-refractivity contribution in [1.29, 1.82) is 0 Å². The summed E-state index contributed by atoms with van der Waals surface area (Å²) in [7, 11) is 1.55. The number of nitrogen functional groups attached to an aromatic ring is 1. The van der Waals surface area contributed by atoms with Gasteiger partial charge < -0.3 is 20.1 Å². The Morgan fingerprint density at radius 3 is 3.00 bits per heavy atom. The third-order valence-corrected chi connectivity index (χ3v) is 3.56.